The van der Waals surface area contributed by atoms with Crippen molar-refractivity contribution >= 4 is 5.97 Å². The van der Waals surface area contributed by atoms with Gasteiger partial charge < -0.3 is 4.74 Å². The Hall–Kier alpha value is -0.570. The molecule has 0 aromatic heterocycles. The van der Waals surface area contributed by atoms with Gasteiger partial charge in [-0.3, -0.25) is 9.69 Å². The maximum Gasteiger partial charge on any atom is 0.320 e. The lowest BCUT2D eigenvalue weighted by Gasteiger charge is -2.18. The Bertz CT molecular complexity index is 182. The standard InChI is InChI=1S/C11H21NO2/c1-3-14-11(13)9-12-7-4-5-10(2)6-8-12/h10H,3-9H2,1-2H3. The van der Waals surface area contributed by atoms with Crippen LogP contribution in [-0.4, -0.2) is 37.1 Å². The molecule has 82 valence electrons. The van der Waals surface area contributed by atoms with Crippen molar-refractivity contribution < 1.29 is 9.53 Å². The minimum atomic E-state index is -0.0814. The molecule has 14 heavy (non-hydrogen) atoms. The first-order chi connectivity index (χ1) is 6.72. The third-order valence-electron chi connectivity index (χ3n) is 2.77. The van der Waals surface area contributed by atoms with E-state index in [-0.39, 0.29) is 5.97 Å². The molecule has 0 aromatic carbocycles. The number of rotatable bonds is 3. The van der Waals surface area contributed by atoms with Gasteiger partial charge in [-0.2, -0.15) is 0 Å². The summed E-state index contributed by atoms with van der Waals surface area (Å²) < 4.78 is 4.93. The van der Waals surface area contributed by atoms with E-state index < -0.39 is 0 Å². The van der Waals surface area contributed by atoms with Crippen LogP contribution in [0, 0.1) is 5.92 Å². The molecule has 0 aromatic rings. The lowest BCUT2D eigenvalue weighted by Crippen LogP contribution is -2.31. The zero-order valence-corrected chi connectivity index (χ0v) is 9.29. The number of esters is 1. The fourth-order valence-electron chi connectivity index (χ4n) is 1.87. The largest absolute Gasteiger partial charge is 0.465 e. The summed E-state index contributed by atoms with van der Waals surface area (Å²) in [5.74, 6) is 0.726. The zero-order valence-electron chi connectivity index (χ0n) is 9.29. The van der Waals surface area contributed by atoms with Crippen molar-refractivity contribution in [1.29, 1.82) is 0 Å². The van der Waals surface area contributed by atoms with Gasteiger partial charge in [0.15, 0.2) is 0 Å². The highest BCUT2D eigenvalue weighted by Gasteiger charge is 2.16. The summed E-state index contributed by atoms with van der Waals surface area (Å²) in [6.45, 7) is 7.18. The van der Waals surface area contributed by atoms with E-state index in [0.717, 1.165) is 19.0 Å². The van der Waals surface area contributed by atoms with Crippen LogP contribution in [-0.2, 0) is 9.53 Å². The first-order valence-electron chi connectivity index (χ1n) is 5.60. The maximum atomic E-state index is 11.2. The molecular weight excluding hydrogens is 178 g/mol. The molecule has 3 heteroatoms. The van der Waals surface area contributed by atoms with E-state index in [9.17, 15) is 4.79 Å². The lowest BCUT2D eigenvalue weighted by atomic mass is 10.0. The van der Waals surface area contributed by atoms with Gasteiger partial charge in [0.25, 0.3) is 0 Å². The lowest BCUT2D eigenvalue weighted by molar-refractivity contribution is -0.144. The second-order valence-corrected chi connectivity index (χ2v) is 4.12. The molecule has 0 saturated carbocycles. The number of hydrogen-bond acceptors (Lipinski definition) is 3. The van der Waals surface area contributed by atoms with Crippen molar-refractivity contribution in [1.82, 2.24) is 4.90 Å². The molecule has 0 N–H and O–H groups in total. The highest BCUT2D eigenvalue weighted by atomic mass is 16.5. The number of carbonyl (C=O) groups excluding carboxylic acids is 1. The van der Waals surface area contributed by atoms with E-state index in [2.05, 4.69) is 11.8 Å². The minimum absolute atomic E-state index is 0.0814. The molecule has 0 bridgehead atoms. The predicted molar refractivity (Wildman–Crippen MR) is 56.1 cm³/mol. The Labute approximate surface area is 86.4 Å². The quantitative estimate of drug-likeness (QED) is 0.648. The molecule has 1 rings (SSSR count). The van der Waals surface area contributed by atoms with Crippen LogP contribution in [0.5, 0.6) is 0 Å². The summed E-state index contributed by atoms with van der Waals surface area (Å²) in [5, 5.41) is 0. The van der Waals surface area contributed by atoms with Gasteiger partial charge in [0, 0.05) is 0 Å². The normalized spacial score (nSPS) is 24.3. The van der Waals surface area contributed by atoms with E-state index in [1.165, 1.54) is 19.3 Å². The van der Waals surface area contributed by atoms with Crippen molar-refractivity contribution in [2.75, 3.05) is 26.2 Å². The molecule has 0 spiro atoms. The summed E-state index contributed by atoms with van der Waals surface area (Å²) in [4.78, 5) is 13.5. The monoisotopic (exact) mass is 199 g/mol. The first kappa shape index (κ1) is 11.5. The highest BCUT2D eigenvalue weighted by molar-refractivity contribution is 5.71. The Balaban J connectivity index is 2.26. The third-order valence-corrected chi connectivity index (χ3v) is 2.77. The number of carbonyl (C=O) groups is 1. The van der Waals surface area contributed by atoms with Gasteiger partial charge in [-0.15, -0.1) is 0 Å². The van der Waals surface area contributed by atoms with E-state index in [4.69, 9.17) is 4.74 Å². The van der Waals surface area contributed by atoms with E-state index in [1.54, 1.807) is 0 Å². The maximum absolute atomic E-state index is 11.2. The van der Waals surface area contributed by atoms with E-state index in [0.29, 0.717) is 13.2 Å². The third kappa shape index (κ3) is 4.09. The molecule has 0 amide bonds. The van der Waals surface area contributed by atoms with Crippen molar-refractivity contribution in [2.45, 2.75) is 33.1 Å². The molecule has 1 aliphatic rings. The summed E-state index contributed by atoms with van der Waals surface area (Å²) in [6.07, 6.45) is 3.71. The van der Waals surface area contributed by atoms with Gasteiger partial charge in [0.1, 0.15) is 0 Å². The fraction of sp³-hybridized carbons (Fsp3) is 0.909. The van der Waals surface area contributed by atoms with Crippen molar-refractivity contribution in [3.8, 4) is 0 Å². The molecule has 1 fully saturated rings. The van der Waals surface area contributed by atoms with Crippen LogP contribution < -0.4 is 0 Å². The average molecular weight is 199 g/mol. The van der Waals surface area contributed by atoms with Crippen LogP contribution in [0.15, 0.2) is 0 Å². The fourth-order valence-corrected chi connectivity index (χ4v) is 1.87. The Morgan fingerprint density at radius 1 is 1.43 bits per heavy atom. The number of ether oxygens (including phenoxy) is 1. The summed E-state index contributed by atoms with van der Waals surface area (Å²) >= 11 is 0. The van der Waals surface area contributed by atoms with Crippen molar-refractivity contribution in [3.63, 3.8) is 0 Å². The van der Waals surface area contributed by atoms with Crippen LogP contribution in [0.2, 0.25) is 0 Å². The number of hydrogen-bond donors (Lipinski definition) is 0. The summed E-state index contributed by atoms with van der Waals surface area (Å²) in [5.41, 5.74) is 0. The van der Waals surface area contributed by atoms with Crippen molar-refractivity contribution in [2.24, 2.45) is 5.92 Å². The second-order valence-electron chi connectivity index (χ2n) is 4.12. The number of nitrogens with zero attached hydrogens (tertiary/aromatic N) is 1. The van der Waals surface area contributed by atoms with Gasteiger partial charge in [-0.05, 0) is 45.2 Å². The van der Waals surface area contributed by atoms with Crippen LogP contribution in [0.25, 0.3) is 0 Å². The molecular formula is C11H21NO2. The smallest absolute Gasteiger partial charge is 0.320 e. The van der Waals surface area contributed by atoms with Crippen LogP contribution in [0.3, 0.4) is 0 Å². The predicted octanol–water partition coefficient (Wildman–Crippen LogP) is 1.67. The SMILES string of the molecule is CCOC(=O)CN1CCCC(C)CC1. The van der Waals surface area contributed by atoms with Gasteiger partial charge in [0.05, 0.1) is 13.2 Å². The van der Waals surface area contributed by atoms with Crippen LogP contribution >= 0.6 is 0 Å². The first-order valence-corrected chi connectivity index (χ1v) is 5.60. The molecule has 1 aliphatic heterocycles. The molecule has 3 nitrogen and oxygen atoms in total. The molecule has 1 atom stereocenters. The Morgan fingerprint density at radius 2 is 2.21 bits per heavy atom. The van der Waals surface area contributed by atoms with Gasteiger partial charge in [0.2, 0.25) is 0 Å². The topological polar surface area (TPSA) is 29.5 Å². The van der Waals surface area contributed by atoms with Gasteiger partial charge in [-0.25, -0.2) is 0 Å². The molecule has 0 aliphatic carbocycles. The Morgan fingerprint density at radius 3 is 2.93 bits per heavy atom. The van der Waals surface area contributed by atoms with Crippen molar-refractivity contribution in [3.05, 3.63) is 0 Å². The Kier molecular flexibility index (Phi) is 4.94. The van der Waals surface area contributed by atoms with E-state index >= 15 is 0 Å². The average Bonchev–Trinajstić information content (AvgIpc) is 2.32. The zero-order chi connectivity index (χ0) is 10.4. The molecule has 1 saturated heterocycles. The minimum Gasteiger partial charge on any atom is -0.465 e. The summed E-state index contributed by atoms with van der Waals surface area (Å²) in [6, 6.07) is 0. The summed E-state index contributed by atoms with van der Waals surface area (Å²) in [7, 11) is 0. The van der Waals surface area contributed by atoms with E-state index in [1.807, 2.05) is 6.92 Å². The van der Waals surface area contributed by atoms with Gasteiger partial charge in [-0.1, -0.05) is 6.92 Å². The van der Waals surface area contributed by atoms with Crippen LogP contribution in [0.4, 0.5) is 0 Å². The van der Waals surface area contributed by atoms with Crippen LogP contribution in [0.1, 0.15) is 33.1 Å². The highest BCUT2D eigenvalue weighted by Crippen LogP contribution is 2.15. The second kappa shape index (κ2) is 6.02. The molecule has 1 heterocycles. The number of likely N-dealkylation sites (tertiary alicyclic amines) is 1. The van der Waals surface area contributed by atoms with Gasteiger partial charge >= 0.3 is 5.97 Å². The molecule has 0 radical (unpaired) electrons. The molecule has 1 unspecified atom stereocenters.